The van der Waals surface area contributed by atoms with Crippen LogP contribution in [0.2, 0.25) is 5.02 Å². The highest BCUT2D eigenvalue weighted by molar-refractivity contribution is 6.31. The molecule has 0 aliphatic carbocycles. The molecule has 0 unspecified atom stereocenters. The monoisotopic (exact) mass is 400 g/mol. The first-order valence-corrected chi connectivity index (χ1v) is 10.2. The Bertz CT molecular complexity index is 961. The highest BCUT2D eigenvalue weighted by atomic mass is 35.5. The van der Waals surface area contributed by atoms with Gasteiger partial charge in [0.05, 0.1) is 29.5 Å². The Morgan fingerprint density at radius 2 is 1.89 bits per heavy atom. The van der Waals surface area contributed by atoms with Crippen LogP contribution in [0.3, 0.4) is 0 Å². The molecule has 2 aromatic carbocycles. The summed E-state index contributed by atoms with van der Waals surface area (Å²) in [6.45, 7) is 8.51. The van der Waals surface area contributed by atoms with E-state index in [1.165, 1.54) is 5.69 Å². The van der Waals surface area contributed by atoms with Crippen LogP contribution in [-0.2, 0) is 7.05 Å². The molecule has 0 spiro atoms. The number of methoxy groups -OCH3 is 1. The molecule has 0 saturated heterocycles. The van der Waals surface area contributed by atoms with E-state index in [1.807, 2.05) is 19.1 Å². The molecular weight excluding hydrogens is 372 g/mol. The number of imidazole rings is 1. The van der Waals surface area contributed by atoms with Crippen LogP contribution in [0.15, 0.2) is 30.3 Å². The minimum atomic E-state index is 0.655. The average Bonchev–Trinajstić information content (AvgIpc) is 2.99. The van der Waals surface area contributed by atoms with E-state index in [-0.39, 0.29) is 0 Å². The third-order valence-electron chi connectivity index (χ3n) is 4.92. The van der Waals surface area contributed by atoms with Gasteiger partial charge in [-0.05, 0) is 43.5 Å². The summed E-state index contributed by atoms with van der Waals surface area (Å²) in [5.74, 6) is 1.48. The number of nitrogens with one attached hydrogen (secondary N) is 1. The third-order valence-corrected chi connectivity index (χ3v) is 5.14. The van der Waals surface area contributed by atoms with E-state index in [0.717, 1.165) is 54.2 Å². The highest BCUT2D eigenvalue weighted by Crippen LogP contribution is 2.36. The third kappa shape index (κ3) is 3.90. The van der Waals surface area contributed by atoms with E-state index < -0.39 is 0 Å². The van der Waals surface area contributed by atoms with Crippen molar-refractivity contribution >= 4 is 40.0 Å². The first-order chi connectivity index (χ1) is 13.5. The Morgan fingerprint density at radius 3 is 2.54 bits per heavy atom. The Labute approximate surface area is 172 Å². The maximum absolute atomic E-state index is 6.18. The van der Waals surface area contributed by atoms with Crippen molar-refractivity contribution in [1.82, 2.24) is 9.55 Å². The first-order valence-electron chi connectivity index (χ1n) is 9.81. The molecule has 150 valence electrons. The molecule has 1 heterocycles. The molecule has 5 nitrogen and oxygen atoms in total. The van der Waals surface area contributed by atoms with Gasteiger partial charge in [-0.1, -0.05) is 31.5 Å². The zero-order chi connectivity index (χ0) is 20.3. The van der Waals surface area contributed by atoms with Crippen LogP contribution >= 0.6 is 11.6 Å². The van der Waals surface area contributed by atoms with E-state index >= 15 is 0 Å². The van der Waals surface area contributed by atoms with Crippen molar-refractivity contribution in [1.29, 1.82) is 0 Å². The molecule has 0 amide bonds. The molecule has 0 atom stereocenters. The maximum Gasteiger partial charge on any atom is 0.208 e. The van der Waals surface area contributed by atoms with Crippen LogP contribution in [0, 0.1) is 6.92 Å². The van der Waals surface area contributed by atoms with E-state index in [4.69, 9.17) is 21.3 Å². The summed E-state index contributed by atoms with van der Waals surface area (Å²) in [6.07, 6.45) is 2.22. The van der Waals surface area contributed by atoms with Crippen molar-refractivity contribution in [3.05, 3.63) is 40.9 Å². The minimum Gasteiger partial charge on any atom is -0.495 e. The minimum absolute atomic E-state index is 0.655. The zero-order valence-electron chi connectivity index (χ0n) is 17.3. The van der Waals surface area contributed by atoms with Crippen LogP contribution in [0.1, 0.15) is 32.3 Å². The molecule has 0 radical (unpaired) electrons. The zero-order valence-corrected chi connectivity index (χ0v) is 18.1. The predicted octanol–water partition coefficient (Wildman–Crippen LogP) is 5.91. The van der Waals surface area contributed by atoms with Gasteiger partial charge in [-0.15, -0.1) is 0 Å². The van der Waals surface area contributed by atoms with Gasteiger partial charge in [-0.2, -0.15) is 0 Å². The number of nitrogens with zero attached hydrogens (tertiary/aromatic N) is 3. The van der Waals surface area contributed by atoms with Crippen LogP contribution in [0.4, 0.5) is 17.3 Å². The first kappa shape index (κ1) is 20.3. The second kappa shape index (κ2) is 8.74. The standard InChI is InChI=1S/C22H29ClN4O/c1-6-11-27(12-7-2)18-10-8-9-17-21(18)26(4)22(24-17)25-20-15(3)13-16(23)14-19(20)28-5/h8-10,13-14H,6-7,11-12H2,1-5H3,(H,24,25). The summed E-state index contributed by atoms with van der Waals surface area (Å²) in [5, 5.41) is 4.11. The molecule has 0 aliphatic rings. The lowest BCUT2D eigenvalue weighted by molar-refractivity contribution is 0.416. The quantitative estimate of drug-likeness (QED) is 0.510. The Hall–Kier alpha value is -2.40. The van der Waals surface area contributed by atoms with Crippen molar-refractivity contribution in [3.8, 4) is 5.75 Å². The fourth-order valence-corrected chi connectivity index (χ4v) is 3.92. The summed E-state index contributed by atoms with van der Waals surface area (Å²) >= 11 is 6.18. The molecule has 3 aromatic rings. The molecular formula is C22H29ClN4O. The van der Waals surface area contributed by atoms with Crippen molar-refractivity contribution in [2.45, 2.75) is 33.6 Å². The number of para-hydroxylation sites is 1. The summed E-state index contributed by atoms with van der Waals surface area (Å²) in [6, 6.07) is 10.1. The maximum atomic E-state index is 6.18. The summed E-state index contributed by atoms with van der Waals surface area (Å²) in [5.41, 5.74) is 5.23. The van der Waals surface area contributed by atoms with Gasteiger partial charge in [0.2, 0.25) is 5.95 Å². The summed E-state index contributed by atoms with van der Waals surface area (Å²) < 4.78 is 7.65. The van der Waals surface area contributed by atoms with Gasteiger partial charge < -0.3 is 19.5 Å². The van der Waals surface area contributed by atoms with Gasteiger partial charge in [-0.25, -0.2) is 4.98 Å². The fraction of sp³-hybridized carbons (Fsp3) is 0.409. The molecule has 28 heavy (non-hydrogen) atoms. The lowest BCUT2D eigenvalue weighted by Gasteiger charge is -2.25. The number of benzene rings is 2. The van der Waals surface area contributed by atoms with E-state index in [2.05, 4.69) is 53.9 Å². The number of halogens is 1. The molecule has 0 fully saturated rings. The molecule has 6 heteroatoms. The number of aryl methyl sites for hydroxylation is 2. The second-order valence-corrected chi connectivity index (χ2v) is 7.49. The lowest BCUT2D eigenvalue weighted by Crippen LogP contribution is -2.25. The SMILES string of the molecule is CCCN(CCC)c1cccc2nc(Nc3c(C)cc(Cl)cc3OC)n(C)c12. The highest BCUT2D eigenvalue weighted by Gasteiger charge is 2.17. The van der Waals surface area contributed by atoms with Crippen molar-refractivity contribution < 1.29 is 4.74 Å². The Kier molecular flexibility index (Phi) is 6.35. The van der Waals surface area contributed by atoms with Crippen LogP contribution in [0.25, 0.3) is 11.0 Å². The predicted molar refractivity (Wildman–Crippen MR) is 120 cm³/mol. The number of ether oxygens (including phenoxy) is 1. The van der Waals surface area contributed by atoms with Crippen LogP contribution in [0.5, 0.6) is 5.75 Å². The van der Waals surface area contributed by atoms with Crippen molar-refractivity contribution in [2.75, 3.05) is 30.4 Å². The van der Waals surface area contributed by atoms with Crippen LogP contribution in [-0.4, -0.2) is 29.8 Å². The molecule has 0 bridgehead atoms. The Morgan fingerprint density at radius 1 is 1.18 bits per heavy atom. The van der Waals surface area contributed by atoms with Gasteiger partial charge in [-0.3, -0.25) is 0 Å². The van der Waals surface area contributed by atoms with Gasteiger partial charge in [0, 0.05) is 31.2 Å². The van der Waals surface area contributed by atoms with Crippen LogP contribution < -0.4 is 15.0 Å². The number of hydrogen-bond acceptors (Lipinski definition) is 4. The van der Waals surface area contributed by atoms with Gasteiger partial charge in [0.25, 0.3) is 0 Å². The van der Waals surface area contributed by atoms with E-state index in [0.29, 0.717) is 10.8 Å². The van der Waals surface area contributed by atoms with Crippen molar-refractivity contribution in [3.63, 3.8) is 0 Å². The van der Waals surface area contributed by atoms with E-state index in [9.17, 15) is 0 Å². The smallest absolute Gasteiger partial charge is 0.208 e. The molecule has 0 saturated carbocycles. The number of hydrogen-bond donors (Lipinski definition) is 1. The summed E-state index contributed by atoms with van der Waals surface area (Å²) in [7, 11) is 3.70. The number of anilines is 3. The number of aromatic nitrogens is 2. The topological polar surface area (TPSA) is 42.3 Å². The van der Waals surface area contributed by atoms with E-state index in [1.54, 1.807) is 7.11 Å². The normalized spacial score (nSPS) is 11.1. The average molecular weight is 401 g/mol. The van der Waals surface area contributed by atoms with Gasteiger partial charge in [0.1, 0.15) is 5.75 Å². The second-order valence-electron chi connectivity index (χ2n) is 7.05. The molecule has 0 aliphatic heterocycles. The number of fused-ring (bicyclic) bond motifs is 1. The molecule has 3 rings (SSSR count). The summed E-state index contributed by atoms with van der Waals surface area (Å²) in [4.78, 5) is 7.29. The van der Waals surface area contributed by atoms with Crippen molar-refractivity contribution in [2.24, 2.45) is 7.05 Å². The lowest BCUT2D eigenvalue weighted by atomic mass is 10.2. The van der Waals surface area contributed by atoms with Gasteiger partial charge in [0.15, 0.2) is 0 Å². The van der Waals surface area contributed by atoms with Gasteiger partial charge >= 0.3 is 0 Å². The Balaban J connectivity index is 2.08. The molecule has 1 aromatic heterocycles. The molecule has 1 N–H and O–H groups in total. The largest absolute Gasteiger partial charge is 0.495 e. The number of rotatable bonds is 8. The fourth-order valence-electron chi connectivity index (χ4n) is 3.65.